The van der Waals surface area contributed by atoms with Gasteiger partial charge >= 0.3 is 0 Å². The third-order valence-electron chi connectivity index (χ3n) is 3.04. The Labute approximate surface area is 85.1 Å². The van der Waals surface area contributed by atoms with Crippen LogP contribution >= 0.6 is 0 Å². The molecule has 0 aromatic carbocycles. The number of hydrogen-bond donors (Lipinski definition) is 0. The van der Waals surface area contributed by atoms with Gasteiger partial charge in [-0.3, -0.25) is 0 Å². The summed E-state index contributed by atoms with van der Waals surface area (Å²) in [5.74, 6) is 1.80. The Kier molecular flexibility index (Phi) is 8.59. The summed E-state index contributed by atoms with van der Waals surface area (Å²) in [5.41, 5.74) is 0. The maximum absolute atomic E-state index is 2.55. The lowest BCUT2D eigenvalue weighted by Gasteiger charge is -2.14. The van der Waals surface area contributed by atoms with Gasteiger partial charge in [-0.15, -0.1) is 0 Å². The molecule has 0 heteroatoms. The summed E-state index contributed by atoms with van der Waals surface area (Å²) in [6.07, 6.45) is 10.6. The molecule has 0 aromatic heterocycles. The van der Waals surface area contributed by atoms with Crippen LogP contribution in [0.5, 0.6) is 0 Å². The van der Waals surface area contributed by atoms with Gasteiger partial charge in [-0.25, -0.2) is 0 Å². The van der Waals surface area contributed by atoms with Gasteiger partial charge in [0.25, 0.3) is 0 Å². The van der Waals surface area contributed by atoms with Crippen molar-refractivity contribution in [2.45, 2.75) is 66.2 Å². The van der Waals surface area contributed by atoms with E-state index in [0.717, 1.165) is 11.8 Å². The lowest BCUT2D eigenvalue weighted by Crippen LogP contribution is -2.01. The standard InChI is InChI=1S/C13H27/c1-5-9-13(7-3)11-8-10-12(4)6-2/h11-13H,5-10H2,1-4H3. The predicted molar refractivity (Wildman–Crippen MR) is 61.7 cm³/mol. The van der Waals surface area contributed by atoms with E-state index < -0.39 is 0 Å². The van der Waals surface area contributed by atoms with Crippen LogP contribution in [0.15, 0.2) is 0 Å². The predicted octanol–water partition coefficient (Wildman–Crippen LogP) is 4.84. The zero-order valence-electron chi connectivity index (χ0n) is 9.97. The van der Waals surface area contributed by atoms with Gasteiger partial charge in [0.2, 0.25) is 0 Å². The summed E-state index contributed by atoms with van der Waals surface area (Å²) in [4.78, 5) is 0. The van der Waals surface area contributed by atoms with E-state index in [4.69, 9.17) is 0 Å². The highest BCUT2D eigenvalue weighted by Crippen LogP contribution is 2.19. The van der Waals surface area contributed by atoms with Gasteiger partial charge in [0.05, 0.1) is 0 Å². The van der Waals surface area contributed by atoms with E-state index in [1.807, 2.05) is 0 Å². The molecule has 2 unspecified atom stereocenters. The maximum atomic E-state index is 2.55. The maximum Gasteiger partial charge on any atom is -0.0355 e. The minimum absolute atomic E-state index is 0.883. The van der Waals surface area contributed by atoms with Crippen molar-refractivity contribution in [2.24, 2.45) is 11.8 Å². The second-order valence-corrected chi connectivity index (χ2v) is 4.28. The Morgan fingerprint density at radius 1 is 1.00 bits per heavy atom. The Bertz CT molecular complexity index is 96.2. The minimum atomic E-state index is 0.883. The first-order chi connectivity index (χ1) is 6.24. The third kappa shape index (κ3) is 7.10. The van der Waals surface area contributed by atoms with Crippen molar-refractivity contribution in [3.8, 4) is 0 Å². The van der Waals surface area contributed by atoms with Crippen molar-refractivity contribution in [1.29, 1.82) is 0 Å². The Hall–Kier alpha value is 0. The molecule has 79 valence electrons. The first kappa shape index (κ1) is 13.0. The molecule has 0 saturated heterocycles. The van der Waals surface area contributed by atoms with Crippen molar-refractivity contribution < 1.29 is 0 Å². The van der Waals surface area contributed by atoms with Crippen molar-refractivity contribution in [3.05, 3.63) is 6.42 Å². The fourth-order valence-electron chi connectivity index (χ4n) is 1.68. The lowest BCUT2D eigenvalue weighted by atomic mass is 9.92. The molecule has 0 nitrogen and oxygen atoms in total. The fraction of sp³-hybridized carbons (Fsp3) is 0.923. The van der Waals surface area contributed by atoms with Gasteiger partial charge in [-0.2, -0.15) is 0 Å². The Morgan fingerprint density at radius 3 is 2.15 bits per heavy atom. The van der Waals surface area contributed by atoms with Crippen LogP contribution in [-0.4, -0.2) is 0 Å². The van der Waals surface area contributed by atoms with Crippen LogP contribution in [-0.2, 0) is 0 Å². The average molecular weight is 183 g/mol. The van der Waals surface area contributed by atoms with Gasteiger partial charge < -0.3 is 0 Å². The molecule has 0 aliphatic carbocycles. The van der Waals surface area contributed by atoms with Gasteiger partial charge in [0.1, 0.15) is 0 Å². The highest BCUT2D eigenvalue weighted by atomic mass is 14.1. The van der Waals surface area contributed by atoms with Crippen molar-refractivity contribution in [2.75, 3.05) is 0 Å². The van der Waals surface area contributed by atoms with E-state index in [1.54, 1.807) is 0 Å². The molecule has 0 heterocycles. The zero-order valence-corrected chi connectivity index (χ0v) is 9.97. The van der Waals surface area contributed by atoms with E-state index in [9.17, 15) is 0 Å². The summed E-state index contributed by atoms with van der Waals surface area (Å²) in [7, 11) is 0. The monoisotopic (exact) mass is 183 g/mol. The quantitative estimate of drug-likeness (QED) is 0.505. The Balaban J connectivity index is 3.37. The highest BCUT2D eigenvalue weighted by Gasteiger charge is 2.06. The topological polar surface area (TPSA) is 0 Å². The van der Waals surface area contributed by atoms with Crippen LogP contribution in [0.3, 0.4) is 0 Å². The fourth-order valence-corrected chi connectivity index (χ4v) is 1.68. The molecule has 0 amide bonds. The smallest absolute Gasteiger partial charge is 0.0355 e. The molecule has 0 aliphatic heterocycles. The molecule has 0 N–H and O–H groups in total. The van der Waals surface area contributed by atoms with Crippen LogP contribution in [0.1, 0.15) is 66.2 Å². The van der Waals surface area contributed by atoms with Gasteiger partial charge in [0, 0.05) is 0 Å². The molecule has 2 atom stereocenters. The summed E-state index contributed by atoms with van der Waals surface area (Å²) < 4.78 is 0. The summed E-state index contributed by atoms with van der Waals surface area (Å²) >= 11 is 0. The van der Waals surface area contributed by atoms with Crippen LogP contribution < -0.4 is 0 Å². The molecule has 0 aromatic rings. The molecular formula is C13H27. The highest BCUT2D eigenvalue weighted by molar-refractivity contribution is 4.75. The van der Waals surface area contributed by atoms with E-state index >= 15 is 0 Å². The van der Waals surface area contributed by atoms with Crippen LogP contribution in [0, 0.1) is 18.3 Å². The van der Waals surface area contributed by atoms with Crippen molar-refractivity contribution in [1.82, 2.24) is 0 Å². The molecule has 0 saturated carbocycles. The minimum Gasteiger partial charge on any atom is -0.0654 e. The van der Waals surface area contributed by atoms with E-state index in [-0.39, 0.29) is 0 Å². The Morgan fingerprint density at radius 2 is 1.69 bits per heavy atom. The van der Waals surface area contributed by atoms with Crippen LogP contribution in [0.4, 0.5) is 0 Å². The average Bonchev–Trinajstić information content (AvgIpc) is 2.16. The molecule has 0 aliphatic rings. The SMILES string of the molecule is CCCC([CH]CCC(C)CC)CC. The van der Waals surface area contributed by atoms with E-state index in [1.165, 1.54) is 38.5 Å². The normalized spacial score (nSPS) is 15.7. The zero-order chi connectivity index (χ0) is 10.1. The molecule has 0 fully saturated rings. The van der Waals surface area contributed by atoms with Crippen LogP contribution in [0.2, 0.25) is 0 Å². The van der Waals surface area contributed by atoms with Crippen molar-refractivity contribution >= 4 is 0 Å². The molecule has 1 radical (unpaired) electrons. The molecule has 13 heavy (non-hydrogen) atoms. The van der Waals surface area contributed by atoms with Gasteiger partial charge in [-0.1, -0.05) is 59.8 Å². The second kappa shape index (κ2) is 8.59. The summed E-state index contributed by atoms with van der Waals surface area (Å²) in [6, 6.07) is 0. The largest absolute Gasteiger partial charge is 0.0654 e. The van der Waals surface area contributed by atoms with E-state index in [2.05, 4.69) is 34.1 Å². The first-order valence-electron chi connectivity index (χ1n) is 6.07. The summed E-state index contributed by atoms with van der Waals surface area (Å²) in [6.45, 7) is 9.23. The van der Waals surface area contributed by atoms with Crippen molar-refractivity contribution in [3.63, 3.8) is 0 Å². The van der Waals surface area contributed by atoms with Crippen LogP contribution in [0.25, 0.3) is 0 Å². The molecule has 0 spiro atoms. The summed E-state index contributed by atoms with van der Waals surface area (Å²) in [5, 5.41) is 0. The molecule has 0 rings (SSSR count). The number of hydrogen-bond acceptors (Lipinski definition) is 0. The molecule has 0 bridgehead atoms. The van der Waals surface area contributed by atoms with Gasteiger partial charge in [0.15, 0.2) is 0 Å². The lowest BCUT2D eigenvalue weighted by molar-refractivity contribution is 0.462. The first-order valence-corrected chi connectivity index (χ1v) is 6.07. The molecular weight excluding hydrogens is 156 g/mol. The second-order valence-electron chi connectivity index (χ2n) is 4.28. The third-order valence-corrected chi connectivity index (χ3v) is 3.04. The van der Waals surface area contributed by atoms with Gasteiger partial charge in [-0.05, 0) is 24.7 Å². The van der Waals surface area contributed by atoms with E-state index in [0.29, 0.717) is 0 Å². The number of rotatable bonds is 8.